The average Bonchev–Trinajstić information content (AvgIpc) is 3.40. The second-order valence-corrected chi connectivity index (χ2v) is 12.2. The molecule has 1 amide bonds. The van der Waals surface area contributed by atoms with Gasteiger partial charge < -0.3 is 24.3 Å². The minimum Gasteiger partial charge on any atom is -0.497 e. The van der Waals surface area contributed by atoms with E-state index in [-0.39, 0.29) is 11.5 Å². The number of methoxy groups -OCH3 is 3. The number of para-hydroxylation sites is 1. The highest BCUT2D eigenvalue weighted by molar-refractivity contribution is 7.07. The van der Waals surface area contributed by atoms with E-state index in [1.165, 1.54) is 11.3 Å². The summed E-state index contributed by atoms with van der Waals surface area (Å²) in [6.45, 7) is 4.21. The normalized spacial score (nSPS) is 14.2. The van der Waals surface area contributed by atoms with Crippen molar-refractivity contribution < 1.29 is 23.7 Å². The molecule has 1 aliphatic heterocycles. The summed E-state index contributed by atoms with van der Waals surface area (Å²) in [6.07, 6.45) is 1.79. The lowest BCUT2D eigenvalue weighted by Crippen LogP contribution is -2.40. The van der Waals surface area contributed by atoms with Gasteiger partial charge in [0.15, 0.2) is 16.3 Å². The van der Waals surface area contributed by atoms with E-state index in [0.717, 1.165) is 16.7 Å². The molecule has 1 N–H and O–H groups in total. The number of aromatic nitrogens is 1. The zero-order valence-corrected chi connectivity index (χ0v) is 28.1. The van der Waals surface area contributed by atoms with Gasteiger partial charge in [-0.25, -0.2) is 4.99 Å². The van der Waals surface area contributed by atoms with E-state index < -0.39 is 6.04 Å². The van der Waals surface area contributed by atoms with E-state index in [4.69, 9.17) is 23.9 Å². The van der Waals surface area contributed by atoms with E-state index >= 15 is 0 Å². The van der Waals surface area contributed by atoms with Crippen molar-refractivity contribution in [1.29, 1.82) is 0 Å². The van der Waals surface area contributed by atoms with Crippen LogP contribution < -0.4 is 39.2 Å². The van der Waals surface area contributed by atoms with Gasteiger partial charge in [-0.15, -0.1) is 0 Å². The van der Waals surface area contributed by atoms with E-state index in [9.17, 15) is 9.59 Å². The molecule has 2 heterocycles. The van der Waals surface area contributed by atoms with Crippen LogP contribution in [-0.4, -0.2) is 31.8 Å². The number of ether oxygens (including phenoxy) is 4. The van der Waals surface area contributed by atoms with Gasteiger partial charge in [0.25, 0.3) is 11.5 Å². The molecule has 9 nitrogen and oxygen atoms in total. The second-order valence-electron chi connectivity index (χ2n) is 11.2. The van der Waals surface area contributed by atoms with Crippen molar-refractivity contribution >= 4 is 29.0 Å². The van der Waals surface area contributed by atoms with E-state index in [2.05, 4.69) is 11.4 Å². The lowest BCUT2D eigenvalue weighted by Gasteiger charge is -2.26. The minimum absolute atomic E-state index is 0.294. The van der Waals surface area contributed by atoms with E-state index in [1.807, 2.05) is 67.6 Å². The molecule has 1 aromatic heterocycles. The van der Waals surface area contributed by atoms with Crippen molar-refractivity contribution in [2.24, 2.45) is 4.99 Å². The number of allylic oxidation sites excluding steroid dienone is 1. The molecule has 6 rings (SSSR count). The Morgan fingerprint density at radius 1 is 0.875 bits per heavy atom. The fraction of sp³-hybridized carbons (Fsp3) is 0.184. The predicted octanol–water partition coefficient (Wildman–Crippen LogP) is 5.79. The maximum Gasteiger partial charge on any atom is 0.271 e. The summed E-state index contributed by atoms with van der Waals surface area (Å²) in [5, 5.41) is 2.97. The number of amides is 1. The molecule has 0 unspecified atom stereocenters. The van der Waals surface area contributed by atoms with Gasteiger partial charge in [0.2, 0.25) is 0 Å². The summed E-state index contributed by atoms with van der Waals surface area (Å²) in [6, 6.07) is 27.4. The Balaban J connectivity index is 1.42. The third-order valence-corrected chi connectivity index (χ3v) is 8.98. The van der Waals surface area contributed by atoms with Crippen LogP contribution in [0.4, 0.5) is 5.69 Å². The first kappa shape index (κ1) is 32.3. The van der Waals surface area contributed by atoms with Crippen molar-refractivity contribution in [2.75, 3.05) is 26.6 Å². The summed E-state index contributed by atoms with van der Waals surface area (Å²) in [4.78, 5) is 33.4. The van der Waals surface area contributed by atoms with Crippen molar-refractivity contribution in [1.82, 2.24) is 4.57 Å². The molecular weight excluding hydrogens is 627 g/mol. The lowest BCUT2D eigenvalue weighted by molar-refractivity contribution is -0.113. The molecule has 0 saturated heterocycles. The quantitative estimate of drug-likeness (QED) is 0.204. The van der Waals surface area contributed by atoms with Gasteiger partial charge in [0.1, 0.15) is 24.1 Å². The number of anilines is 1. The molecule has 4 aromatic carbocycles. The van der Waals surface area contributed by atoms with Crippen LogP contribution in [0.3, 0.4) is 0 Å². The minimum atomic E-state index is -0.820. The number of hydrogen-bond acceptors (Lipinski definition) is 8. The number of thiazole rings is 1. The molecule has 1 atom stereocenters. The first-order valence-electron chi connectivity index (χ1n) is 15.3. The smallest absolute Gasteiger partial charge is 0.271 e. The Bertz CT molecular complexity index is 2200. The molecule has 1 aliphatic rings. The van der Waals surface area contributed by atoms with Crippen molar-refractivity contribution in [3.63, 3.8) is 0 Å². The molecule has 48 heavy (non-hydrogen) atoms. The highest BCUT2D eigenvalue weighted by Gasteiger charge is 2.34. The van der Waals surface area contributed by atoms with Crippen LogP contribution in [0.2, 0.25) is 0 Å². The third kappa shape index (κ3) is 6.61. The topological polar surface area (TPSA) is 100 Å². The molecule has 0 fully saturated rings. The van der Waals surface area contributed by atoms with Crippen LogP contribution in [0, 0.1) is 6.92 Å². The van der Waals surface area contributed by atoms with E-state index in [0.29, 0.717) is 61.5 Å². The highest BCUT2D eigenvalue weighted by atomic mass is 32.1. The van der Waals surface area contributed by atoms with Crippen molar-refractivity contribution in [3.05, 3.63) is 144 Å². The van der Waals surface area contributed by atoms with Crippen LogP contribution in [0.15, 0.2) is 112 Å². The Labute approximate surface area is 282 Å². The zero-order valence-electron chi connectivity index (χ0n) is 27.3. The van der Waals surface area contributed by atoms with Gasteiger partial charge in [-0.3, -0.25) is 14.2 Å². The predicted molar refractivity (Wildman–Crippen MR) is 187 cm³/mol. The number of carbonyl (C=O) groups excluding carboxylic acids is 1. The van der Waals surface area contributed by atoms with Crippen LogP contribution in [-0.2, 0) is 11.4 Å². The molecule has 0 bridgehead atoms. The number of aryl methyl sites for hydroxylation is 1. The molecule has 5 aromatic rings. The van der Waals surface area contributed by atoms with Crippen molar-refractivity contribution in [3.8, 4) is 23.0 Å². The zero-order chi connectivity index (χ0) is 33.8. The number of rotatable bonds is 10. The Morgan fingerprint density at radius 2 is 1.67 bits per heavy atom. The number of hydrogen-bond donors (Lipinski definition) is 1. The Kier molecular flexibility index (Phi) is 9.45. The average molecular weight is 662 g/mol. The molecule has 0 saturated carbocycles. The van der Waals surface area contributed by atoms with Gasteiger partial charge in [0.05, 0.1) is 37.1 Å². The number of carbonyl (C=O) groups is 1. The van der Waals surface area contributed by atoms with Gasteiger partial charge >= 0.3 is 0 Å². The Morgan fingerprint density at radius 3 is 2.40 bits per heavy atom. The molecule has 10 heteroatoms. The molecule has 0 aliphatic carbocycles. The molecular formula is C38H35N3O6S. The van der Waals surface area contributed by atoms with Crippen LogP contribution >= 0.6 is 11.3 Å². The summed E-state index contributed by atoms with van der Waals surface area (Å²) in [5.41, 5.74) is 4.74. The maximum atomic E-state index is 14.3. The van der Waals surface area contributed by atoms with E-state index in [1.54, 1.807) is 63.2 Å². The first-order valence-corrected chi connectivity index (χ1v) is 16.1. The standard InChI is InChI=1S/C38H35N3O6S/c1-23-10-9-11-26(18-23)22-47-30-17-14-25(19-32(30)46-5)20-33-37(43)41-35(29-16-15-28(44-3)21-31(29)45-4)34(24(2)39-38(41)48-33)36(42)40-27-12-7-6-8-13-27/h6-21,35H,22H2,1-5H3,(H,40,42)/b33-20-/t35-/m0/s1. The van der Waals surface area contributed by atoms with Gasteiger partial charge in [-0.1, -0.05) is 65.4 Å². The Hall–Kier alpha value is -5.61. The van der Waals surface area contributed by atoms with Crippen LogP contribution in [0.25, 0.3) is 6.08 Å². The fourth-order valence-corrected chi connectivity index (χ4v) is 6.72. The number of nitrogens with zero attached hydrogens (tertiary/aromatic N) is 2. The maximum absolute atomic E-state index is 14.3. The first-order chi connectivity index (χ1) is 23.3. The van der Waals surface area contributed by atoms with Gasteiger partial charge in [-0.2, -0.15) is 0 Å². The van der Waals surface area contributed by atoms with Crippen LogP contribution in [0.1, 0.15) is 35.2 Å². The summed E-state index contributed by atoms with van der Waals surface area (Å²) in [5.74, 6) is 1.82. The second kappa shape index (κ2) is 14.0. The highest BCUT2D eigenvalue weighted by Crippen LogP contribution is 2.38. The van der Waals surface area contributed by atoms with Gasteiger partial charge in [-0.05, 0) is 67.4 Å². The summed E-state index contributed by atoms with van der Waals surface area (Å²) < 4.78 is 24.9. The van der Waals surface area contributed by atoms with Crippen molar-refractivity contribution in [2.45, 2.75) is 26.5 Å². The lowest BCUT2D eigenvalue weighted by atomic mass is 9.94. The summed E-state index contributed by atoms with van der Waals surface area (Å²) >= 11 is 1.25. The summed E-state index contributed by atoms with van der Waals surface area (Å²) in [7, 11) is 4.70. The molecule has 0 spiro atoms. The largest absolute Gasteiger partial charge is 0.497 e. The third-order valence-electron chi connectivity index (χ3n) is 8.00. The molecule has 244 valence electrons. The number of benzene rings is 4. The molecule has 0 radical (unpaired) electrons. The fourth-order valence-electron chi connectivity index (χ4n) is 5.68. The van der Waals surface area contributed by atoms with Gasteiger partial charge in [0, 0.05) is 17.3 Å². The van der Waals surface area contributed by atoms with Crippen LogP contribution in [0.5, 0.6) is 23.0 Å². The SMILES string of the molecule is COc1ccc([C@H]2C(C(=O)Nc3ccccc3)=C(C)N=c3s/c(=C\c4ccc(OCc5cccc(C)c5)c(OC)c4)c(=O)n32)c(OC)c1. The number of nitrogens with one attached hydrogen (secondary N) is 1. The number of fused-ring (bicyclic) bond motifs is 1. The monoisotopic (exact) mass is 661 g/mol.